The van der Waals surface area contributed by atoms with Gasteiger partial charge >= 0.3 is 0 Å². The molecule has 31 heavy (non-hydrogen) atoms. The van der Waals surface area contributed by atoms with Crippen molar-refractivity contribution in [1.29, 1.82) is 0 Å². The van der Waals surface area contributed by atoms with Gasteiger partial charge in [0.15, 0.2) is 16.7 Å². The molecule has 6 nitrogen and oxygen atoms in total. The lowest BCUT2D eigenvalue weighted by Gasteiger charge is -2.36. The van der Waals surface area contributed by atoms with Crippen molar-refractivity contribution in [1.82, 2.24) is 20.4 Å². The maximum atomic E-state index is 14.1. The number of allylic oxidation sites excluding steroid dienone is 1. The zero-order valence-corrected chi connectivity index (χ0v) is 18.0. The molecule has 2 aromatic carbocycles. The fourth-order valence-electron chi connectivity index (χ4n) is 3.60. The van der Waals surface area contributed by atoms with E-state index in [-0.39, 0.29) is 23.3 Å². The van der Waals surface area contributed by atoms with E-state index in [9.17, 15) is 8.78 Å². The molecule has 1 aliphatic rings. The first-order valence-electron chi connectivity index (χ1n) is 9.65. The highest BCUT2D eigenvalue weighted by Gasteiger charge is 2.33. The van der Waals surface area contributed by atoms with E-state index in [2.05, 4.69) is 15.5 Å². The van der Waals surface area contributed by atoms with Gasteiger partial charge in [-0.05, 0) is 62.0 Å². The van der Waals surface area contributed by atoms with Crippen LogP contribution < -0.4 is 10.1 Å². The lowest BCUT2D eigenvalue weighted by atomic mass is 9.95. The van der Waals surface area contributed by atoms with Crippen molar-refractivity contribution in [2.24, 2.45) is 0 Å². The molecule has 3 aromatic rings. The third-order valence-electron chi connectivity index (χ3n) is 5.18. The van der Waals surface area contributed by atoms with Crippen LogP contribution in [0.4, 0.5) is 8.78 Å². The summed E-state index contributed by atoms with van der Waals surface area (Å²) in [6, 6.07) is 10.2. The van der Waals surface area contributed by atoms with Gasteiger partial charge in [0.05, 0.1) is 18.7 Å². The Morgan fingerprint density at radius 3 is 2.58 bits per heavy atom. The first kappa shape index (κ1) is 20.9. The Labute approximate surface area is 183 Å². The number of methoxy groups -OCH3 is 1. The van der Waals surface area contributed by atoms with Crippen molar-refractivity contribution in [2.75, 3.05) is 13.7 Å². The maximum Gasteiger partial charge on any atom is 0.258 e. The number of hydrogen-bond acceptors (Lipinski definition) is 5. The van der Waals surface area contributed by atoms with Crippen LogP contribution in [-0.2, 0) is 0 Å². The highest BCUT2D eigenvalue weighted by atomic mass is 32.1. The fraction of sp³-hybridized carbons (Fsp3) is 0.227. The third-order valence-corrected chi connectivity index (χ3v) is 5.52. The van der Waals surface area contributed by atoms with Gasteiger partial charge in [0, 0.05) is 17.8 Å². The van der Waals surface area contributed by atoms with E-state index in [4.69, 9.17) is 21.5 Å². The number of halogens is 2. The molecule has 1 aromatic heterocycles. The number of aromatic nitrogens is 2. The van der Waals surface area contributed by atoms with Crippen LogP contribution in [0.1, 0.15) is 31.3 Å². The molecular weight excluding hydrogens is 422 g/mol. The molecule has 0 amide bonds. The molecule has 1 atom stereocenters. The molecule has 4 rings (SSSR count). The summed E-state index contributed by atoms with van der Waals surface area (Å²) in [4.78, 5) is 6.43. The van der Waals surface area contributed by atoms with Gasteiger partial charge in [0.25, 0.3) is 5.89 Å². The lowest BCUT2D eigenvalue weighted by Crippen LogP contribution is -2.45. The van der Waals surface area contributed by atoms with Crippen LogP contribution in [0.3, 0.4) is 0 Å². The normalized spacial score (nSPS) is 16.5. The summed E-state index contributed by atoms with van der Waals surface area (Å²) in [6.45, 7) is 4.54. The third kappa shape index (κ3) is 3.88. The van der Waals surface area contributed by atoms with Gasteiger partial charge in [-0.2, -0.15) is 4.98 Å². The van der Waals surface area contributed by atoms with Crippen molar-refractivity contribution >= 4 is 22.9 Å². The Kier molecular flexibility index (Phi) is 5.69. The molecule has 0 spiro atoms. The van der Waals surface area contributed by atoms with Gasteiger partial charge in [-0.3, -0.25) is 0 Å². The van der Waals surface area contributed by atoms with E-state index in [1.54, 1.807) is 18.2 Å². The van der Waals surface area contributed by atoms with E-state index >= 15 is 0 Å². The summed E-state index contributed by atoms with van der Waals surface area (Å²) in [5.41, 5.74) is 2.81. The average molecular weight is 442 g/mol. The van der Waals surface area contributed by atoms with Gasteiger partial charge in [0.2, 0.25) is 5.82 Å². The lowest BCUT2D eigenvalue weighted by molar-refractivity contribution is 0.386. The predicted molar refractivity (Wildman–Crippen MR) is 116 cm³/mol. The number of hydrogen-bond donors (Lipinski definition) is 1. The number of benzene rings is 2. The quantitative estimate of drug-likeness (QED) is 0.575. The van der Waals surface area contributed by atoms with E-state index < -0.39 is 11.9 Å². The Bertz CT molecular complexity index is 1160. The van der Waals surface area contributed by atoms with E-state index in [0.717, 1.165) is 16.8 Å². The Hall–Kier alpha value is -3.33. The number of rotatable bonds is 5. The van der Waals surface area contributed by atoms with E-state index in [0.29, 0.717) is 17.2 Å². The molecular formula is C22H20F2N4O2S. The zero-order chi connectivity index (χ0) is 22.1. The molecule has 0 aliphatic carbocycles. The molecule has 1 unspecified atom stereocenters. The van der Waals surface area contributed by atoms with Crippen LogP contribution in [0.2, 0.25) is 0 Å². The van der Waals surface area contributed by atoms with Crippen molar-refractivity contribution in [3.63, 3.8) is 0 Å². The molecule has 1 aliphatic heterocycles. The minimum atomic E-state index is -0.521. The first-order chi connectivity index (χ1) is 14.9. The molecule has 0 bridgehead atoms. The summed E-state index contributed by atoms with van der Waals surface area (Å²) in [5.74, 6) is -0.211. The Morgan fingerprint density at radius 1 is 1.19 bits per heavy atom. The second-order valence-electron chi connectivity index (χ2n) is 6.95. The highest BCUT2D eigenvalue weighted by molar-refractivity contribution is 7.80. The fourth-order valence-corrected chi connectivity index (χ4v) is 3.98. The number of nitrogens with zero attached hydrogens (tertiary/aromatic N) is 3. The van der Waals surface area contributed by atoms with Crippen LogP contribution in [0, 0.1) is 11.6 Å². The second kappa shape index (κ2) is 8.43. The summed E-state index contributed by atoms with van der Waals surface area (Å²) in [5, 5.41) is 7.87. The van der Waals surface area contributed by atoms with Gasteiger partial charge in [-0.1, -0.05) is 17.3 Å². The SMILES string of the molecule is CCN1C(=S)NC(c2ccc(F)cc2)C(c2nc(-c3ccc(OC)c(F)c3)no2)=C1C. The molecule has 2 heterocycles. The van der Waals surface area contributed by atoms with Crippen LogP contribution in [0.5, 0.6) is 5.75 Å². The van der Waals surface area contributed by atoms with E-state index in [1.165, 1.54) is 31.4 Å². The molecule has 0 fully saturated rings. The summed E-state index contributed by atoms with van der Waals surface area (Å²) in [6.07, 6.45) is 0. The summed E-state index contributed by atoms with van der Waals surface area (Å²) >= 11 is 5.52. The predicted octanol–water partition coefficient (Wildman–Crippen LogP) is 4.71. The largest absolute Gasteiger partial charge is 0.494 e. The highest BCUT2D eigenvalue weighted by Crippen LogP contribution is 2.37. The molecule has 160 valence electrons. The van der Waals surface area contributed by atoms with Crippen LogP contribution in [0.15, 0.2) is 52.7 Å². The number of ether oxygens (including phenoxy) is 1. The van der Waals surface area contributed by atoms with Crippen molar-refractivity contribution in [2.45, 2.75) is 19.9 Å². The maximum absolute atomic E-state index is 14.1. The van der Waals surface area contributed by atoms with Gasteiger partial charge < -0.3 is 19.5 Å². The summed E-state index contributed by atoms with van der Waals surface area (Å²) in [7, 11) is 1.40. The molecule has 9 heteroatoms. The van der Waals surface area contributed by atoms with Crippen LogP contribution in [0.25, 0.3) is 17.0 Å². The first-order valence-corrected chi connectivity index (χ1v) is 10.1. The van der Waals surface area contributed by atoms with Gasteiger partial charge in [-0.15, -0.1) is 0 Å². The number of thiocarbonyl (C=S) groups is 1. The summed E-state index contributed by atoms with van der Waals surface area (Å²) < 4.78 is 38.1. The van der Waals surface area contributed by atoms with Crippen LogP contribution >= 0.6 is 12.2 Å². The number of nitrogens with one attached hydrogen (secondary N) is 1. The monoisotopic (exact) mass is 442 g/mol. The van der Waals surface area contributed by atoms with Gasteiger partial charge in [0.1, 0.15) is 5.82 Å². The van der Waals surface area contributed by atoms with Crippen molar-refractivity contribution in [3.05, 3.63) is 71.3 Å². The Morgan fingerprint density at radius 2 is 1.94 bits per heavy atom. The van der Waals surface area contributed by atoms with Gasteiger partial charge in [-0.25, -0.2) is 8.78 Å². The minimum Gasteiger partial charge on any atom is -0.494 e. The smallest absolute Gasteiger partial charge is 0.258 e. The molecule has 0 saturated heterocycles. The minimum absolute atomic E-state index is 0.131. The average Bonchev–Trinajstić information content (AvgIpc) is 3.24. The standard InChI is InChI=1S/C22H20F2N4O2S/c1-4-28-12(2)18(19(25-22(28)31)13-5-8-15(23)9-6-13)21-26-20(27-30-21)14-7-10-17(29-3)16(24)11-14/h5-11,19H,4H2,1-3H3,(H,25,31). The zero-order valence-electron chi connectivity index (χ0n) is 17.1. The van der Waals surface area contributed by atoms with Crippen LogP contribution in [-0.4, -0.2) is 33.8 Å². The van der Waals surface area contributed by atoms with Crippen molar-refractivity contribution < 1.29 is 18.0 Å². The Balaban J connectivity index is 1.79. The molecule has 1 N–H and O–H groups in total. The second-order valence-corrected chi connectivity index (χ2v) is 7.34. The topological polar surface area (TPSA) is 63.4 Å². The van der Waals surface area contributed by atoms with Crippen molar-refractivity contribution in [3.8, 4) is 17.1 Å². The molecule has 0 radical (unpaired) electrons. The molecule has 0 saturated carbocycles. The van der Waals surface area contributed by atoms with E-state index in [1.807, 2.05) is 18.7 Å².